The molecule has 0 saturated heterocycles. The summed E-state index contributed by atoms with van der Waals surface area (Å²) in [5, 5.41) is 3.74. The minimum atomic E-state index is 0.541. The standard InChI is InChI=1S/C14H15ClN2O3/c1-18-11-7-10(8-12(19-2)14(11)20-3)17-13-6-9(15)4-5-16-13/h4-8H,1-3H3,(H,16,17). The highest BCUT2D eigenvalue weighted by molar-refractivity contribution is 6.30. The van der Waals surface area contributed by atoms with Crippen LogP contribution in [-0.2, 0) is 0 Å². The van der Waals surface area contributed by atoms with E-state index in [0.29, 0.717) is 28.1 Å². The summed E-state index contributed by atoms with van der Waals surface area (Å²) in [6, 6.07) is 7.03. The number of nitrogens with one attached hydrogen (secondary N) is 1. The van der Waals surface area contributed by atoms with Gasteiger partial charge in [0.15, 0.2) is 11.5 Å². The largest absolute Gasteiger partial charge is 0.493 e. The summed E-state index contributed by atoms with van der Waals surface area (Å²) in [5.74, 6) is 2.30. The fraction of sp³-hybridized carbons (Fsp3) is 0.214. The van der Waals surface area contributed by atoms with E-state index in [2.05, 4.69) is 10.3 Å². The van der Waals surface area contributed by atoms with Gasteiger partial charge in [0.1, 0.15) is 5.82 Å². The maximum absolute atomic E-state index is 5.93. The number of anilines is 2. The third-order valence-corrected chi connectivity index (χ3v) is 2.89. The second-order valence-corrected chi connectivity index (χ2v) is 4.33. The van der Waals surface area contributed by atoms with Gasteiger partial charge in [-0.25, -0.2) is 4.98 Å². The number of pyridine rings is 1. The summed E-state index contributed by atoms with van der Waals surface area (Å²) >= 11 is 5.93. The quantitative estimate of drug-likeness (QED) is 0.914. The second kappa shape index (κ2) is 6.34. The molecule has 2 aromatic rings. The van der Waals surface area contributed by atoms with Gasteiger partial charge in [0, 0.05) is 29.0 Å². The van der Waals surface area contributed by atoms with Crippen LogP contribution < -0.4 is 19.5 Å². The lowest BCUT2D eigenvalue weighted by Gasteiger charge is -2.14. The van der Waals surface area contributed by atoms with Crippen molar-refractivity contribution in [3.05, 3.63) is 35.5 Å². The Labute approximate surface area is 122 Å². The van der Waals surface area contributed by atoms with Gasteiger partial charge in [-0.3, -0.25) is 0 Å². The SMILES string of the molecule is COc1cc(Nc2cc(Cl)ccn2)cc(OC)c1OC. The molecule has 1 N–H and O–H groups in total. The van der Waals surface area contributed by atoms with Gasteiger partial charge in [0.25, 0.3) is 0 Å². The van der Waals surface area contributed by atoms with E-state index in [-0.39, 0.29) is 0 Å². The van der Waals surface area contributed by atoms with E-state index in [1.807, 2.05) is 0 Å². The molecule has 0 atom stereocenters. The zero-order valence-corrected chi connectivity index (χ0v) is 12.2. The third kappa shape index (κ3) is 3.05. The van der Waals surface area contributed by atoms with Crippen LogP contribution in [0.2, 0.25) is 5.02 Å². The first-order valence-electron chi connectivity index (χ1n) is 5.86. The maximum atomic E-state index is 5.93. The zero-order chi connectivity index (χ0) is 14.5. The first kappa shape index (κ1) is 14.3. The molecule has 0 bridgehead atoms. The fourth-order valence-corrected chi connectivity index (χ4v) is 1.93. The fourth-order valence-electron chi connectivity index (χ4n) is 1.77. The maximum Gasteiger partial charge on any atom is 0.203 e. The van der Waals surface area contributed by atoms with Crippen molar-refractivity contribution in [1.82, 2.24) is 4.98 Å². The highest BCUT2D eigenvalue weighted by atomic mass is 35.5. The molecule has 20 heavy (non-hydrogen) atoms. The van der Waals surface area contributed by atoms with Gasteiger partial charge in [-0.1, -0.05) is 11.6 Å². The summed E-state index contributed by atoms with van der Waals surface area (Å²) in [5.41, 5.74) is 0.759. The van der Waals surface area contributed by atoms with Crippen LogP contribution in [0.3, 0.4) is 0 Å². The van der Waals surface area contributed by atoms with Crippen LogP contribution in [0.4, 0.5) is 11.5 Å². The van der Waals surface area contributed by atoms with Crippen LogP contribution in [0.1, 0.15) is 0 Å². The van der Waals surface area contributed by atoms with E-state index >= 15 is 0 Å². The molecule has 0 spiro atoms. The van der Waals surface area contributed by atoms with E-state index < -0.39 is 0 Å². The predicted molar refractivity (Wildman–Crippen MR) is 78.6 cm³/mol. The molecule has 0 amide bonds. The van der Waals surface area contributed by atoms with Crippen molar-refractivity contribution in [3.8, 4) is 17.2 Å². The Bertz CT molecular complexity index is 580. The number of methoxy groups -OCH3 is 3. The molecule has 0 radical (unpaired) electrons. The Morgan fingerprint density at radius 1 is 1.00 bits per heavy atom. The summed E-state index contributed by atoms with van der Waals surface area (Å²) in [6.45, 7) is 0. The van der Waals surface area contributed by atoms with Crippen LogP contribution in [-0.4, -0.2) is 26.3 Å². The number of hydrogen-bond acceptors (Lipinski definition) is 5. The van der Waals surface area contributed by atoms with E-state index in [0.717, 1.165) is 5.69 Å². The van der Waals surface area contributed by atoms with Crippen LogP contribution in [0, 0.1) is 0 Å². The minimum Gasteiger partial charge on any atom is -0.493 e. The lowest BCUT2D eigenvalue weighted by molar-refractivity contribution is 0.324. The number of benzene rings is 1. The molecular weight excluding hydrogens is 280 g/mol. The molecule has 0 unspecified atom stereocenters. The lowest BCUT2D eigenvalue weighted by Crippen LogP contribution is -1.98. The van der Waals surface area contributed by atoms with Crippen molar-refractivity contribution < 1.29 is 14.2 Å². The molecule has 2 rings (SSSR count). The molecule has 0 fully saturated rings. The van der Waals surface area contributed by atoms with Gasteiger partial charge in [0.2, 0.25) is 5.75 Å². The Morgan fingerprint density at radius 3 is 2.15 bits per heavy atom. The highest BCUT2D eigenvalue weighted by Crippen LogP contribution is 2.40. The molecule has 1 heterocycles. The second-order valence-electron chi connectivity index (χ2n) is 3.90. The van der Waals surface area contributed by atoms with E-state index in [9.17, 15) is 0 Å². The lowest BCUT2D eigenvalue weighted by atomic mass is 10.2. The van der Waals surface area contributed by atoms with Gasteiger partial charge < -0.3 is 19.5 Å². The number of ether oxygens (including phenoxy) is 3. The summed E-state index contributed by atoms with van der Waals surface area (Å²) < 4.78 is 15.8. The van der Waals surface area contributed by atoms with Crippen molar-refractivity contribution in [2.75, 3.05) is 26.6 Å². The van der Waals surface area contributed by atoms with Crippen molar-refractivity contribution in [3.63, 3.8) is 0 Å². The minimum absolute atomic E-state index is 0.541. The number of nitrogens with zero attached hydrogens (tertiary/aromatic N) is 1. The van der Waals surface area contributed by atoms with E-state index in [1.54, 1.807) is 51.8 Å². The number of halogens is 1. The van der Waals surface area contributed by atoms with Crippen LogP contribution in [0.5, 0.6) is 17.2 Å². The molecular formula is C14H15ClN2O3. The molecule has 0 aliphatic rings. The molecule has 0 aliphatic heterocycles. The smallest absolute Gasteiger partial charge is 0.203 e. The number of hydrogen-bond donors (Lipinski definition) is 1. The molecule has 106 valence electrons. The monoisotopic (exact) mass is 294 g/mol. The molecule has 0 aliphatic carbocycles. The first-order chi connectivity index (χ1) is 9.67. The molecule has 1 aromatic heterocycles. The normalized spacial score (nSPS) is 10.0. The van der Waals surface area contributed by atoms with E-state index in [4.69, 9.17) is 25.8 Å². The average molecular weight is 295 g/mol. The van der Waals surface area contributed by atoms with Gasteiger partial charge >= 0.3 is 0 Å². The number of aromatic nitrogens is 1. The van der Waals surface area contributed by atoms with Crippen LogP contribution >= 0.6 is 11.6 Å². The van der Waals surface area contributed by atoms with Crippen molar-refractivity contribution in [2.45, 2.75) is 0 Å². The average Bonchev–Trinajstić information content (AvgIpc) is 2.46. The van der Waals surface area contributed by atoms with Crippen LogP contribution in [0.15, 0.2) is 30.5 Å². The third-order valence-electron chi connectivity index (χ3n) is 2.66. The Hall–Kier alpha value is -2.14. The summed E-state index contributed by atoms with van der Waals surface area (Å²) in [4.78, 5) is 4.18. The summed E-state index contributed by atoms with van der Waals surface area (Å²) in [6.07, 6.45) is 1.63. The van der Waals surface area contributed by atoms with Crippen molar-refractivity contribution in [2.24, 2.45) is 0 Å². The predicted octanol–water partition coefficient (Wildman–Crippen LogP) is 3.50. The molecule has 0 saturated carbocycles. The Kier molecular flexibility index (Phi) is 4.53. The zero-order valence-electron chi connectivity index (χ0n) is 11.4. The molecule has 1 aromatic carbocycles. The summed E-state index contributed by atoms with van der Waals surface area (Å²) in [7, 11) is 4.70. The Balaban J connectivity index is 2.37. The van der Waals surface area contributed by atoms with E-state index in [1.165, 1.54) is 0 Å². The topological polar surface area (TPSA) is 52.6 Å². The van der Waals surface area contributed by atoms with Crippen LogP contribution in [0.25, 0.3) is 0 Å². The highest BCUT2D eigenvalue weighted by Gasteiger charge is 2.13. The van der Waals surface area contributed by atoms with Crippen molar-refractivity contribution >= 4 is 23.1 Å². The Morgan fingerprint density at radius 2 is 1.65 bits per heavy atom. The van der Waals surface area contributed by atoms with Crippen molar-refractivity contribution in [1.29, 1.82) is 0 Å². The number of rotatable bonds is 5. The molecule has 5 nitrogen and oxygen atoms in total. The molecule has 6 heteroatoms. The first-order valence-corrected chi connectivity index (χ1v) is 6.24. The van der Waals surface area contributed by atoms with Gasteiger partial charge in [0.05, 0.1) is 21.3 Å². The van der Waals surface area contributed by atoms with Gasteiger partial charge in [-0.05, 0) is 12.1 Å². The van der Waals surface area contributed by atoms with Gasteiger partial charge in [-0.2, -0.15) is 0 Å². The van der Waals surface area contributed by atoms with Gasteiger partial charge in [-0.15, -0.1) is 0 Å².